The summed E-state index contributed by atoms with van der Waals surface area (Å²) in [5, 5.41) is 6.05. The van der Waals surface area contributed by atoms with Crippen molar-refractivity contribution >= 4 is 35.8 Å². The molecule has 1 aliphatic heterocycles. The number of hydrogen-bond donors (Lipinski definition) is 2. The average Bonchev–Trinajstić information content (AvgIpc) is 2.97. The Balaban J connectivity index is 0.00000320. The van der Waals surface area contributed by atoms with Crippen molar-refractivity contribution in [3.63, 3.8) is 0 Å². The smallest absolute Gasteiger partial charge is 0.266 e. The van der Waals surface area contributed by atoms with Crippen LogP contribution in [0.4, 0.5) is 5.69 Å². The van der Waals surface area contributed by atoms with E-state index in [1.54, 1.807) is 30.3 Å². The van der Waals surface area contributed by atoms with Crippen molar-refractivity contribution in [3.8, 4) is 5.75 Å². The highest BCUT2D eigenvalue weighted by Gasteiger charge is 2.37. The molecule has 0 fully saturated rings. The third-order valence-electron chi connectivity index (χ3n) is 4.68. The van der Waals surface area contributed by atoms with Crippen molar-refractivity contribution in [2.75, 3.05) is 24.6 Å². The van der Waals surface area contributed by atoms with Crippen molar-refractivity contribution in [2.45, 2.75) is 26.8 Å². The minimum atomic E-state index is -0.440. The van der Waals surface area contributed by atoms with Gasteiger partial charge in [-0.15, -0.1) is 12.4 Å². The van der Waals surface area contributed by atoms with Crippen LogP contribution in [0.15, 0.2) is 42.5 Å². The molecule has 0 aliphatic carbocycles. The topological polar surface area (TPSA) is 87.7 Å². The van der Waals surface area contributed by atoms with Crippen LogP contribution in [0, 0.1) is 0 Å². The van der Waals surface area contributed by atoms with Gasteiger partial charge in [0.2, 0.25) is 0 Å². The number of imide groups is 1. The van der Waals surface area contributed by atoms with Crippen LogP contribution < -0.4 is 20.3 Å². The van der Waals surface area contributed by atoms with Gasteiger partial charge in [-0.25, -0.2) is 4.90 Å². The molecule has 2 aromatic carbocycles. The van der Waals surface area contributed by atoms with Crippen LogP contribution in [0.1, 0.15) is 51.8 Å². The number of rotatable bonds is 8. The van der Waals surface area contributed by atoms with Gasteiger partial charge in [-0.3, -0.25) is 14.4 Å². The largest absolute Gasteiger partial charge is 0.494 e. The Kier molecular flexibility index (Phi) is 7.97. The van der Waals surface area contributed by atoms with Crippen LogP contribution in [0.2, 0.25) is 0 Å². The number of nitrogens with zero attached hydrogens (tertiary/aromatic N) is 1. The molecule has 160 valence electrons. The molecule has 1 heterocycles. The lowest BCUT2D eigenvalue weighted by Gasteiger charge is -2.14. The minimum absolute atomic E-state index is 0. The molecule has 0 spiro atoms. The molecule has 0 aromatic heterocycles. The van der Waals surface area contributed by atoms with Gasteiger partial charge in [-0.1, -0.05) is 6.92 Å². The Bertz CT molecular complexity index is 930. The van der Waals surface area contributed by atoms with E-state index < -0.39 is 11.8 Å². The summed E-state index contributed by atoms with van der Waals surface area (Å²) < 4.78 is 5.40. The fourth-order valence-corrected chi connectivity index (χ4v) is 3.24. The fraction of sp³-hybridized carbons (Fsp3) is 0.318. The first-order valence-electron chi connectivity index (χ1n) is 9.73. The zero-order valence-electron chi connectivity index (χ0n) is 17.2. The maximum atomic E-state index is 12.9. The summed E-state index contributed by atoms with van der Waals surface area (Å²) >= 11 is 0. The van der Waals surface area contributed by atoms with Crippen molar-refractivity contribution in [1.82, 2.24) is 10.6 Å². The van der Waals surface area contributed by atoms with Gasteiger partial charge in [0, 0.05) is 18.2 Å². The zero-order chi connectivity index (χ0) is 21.0. The third kappa shape index (κ3) is 4.80. The Hall–Kier alpha value is -2.90. The summed E-state index contributed by atoms with van der Waals surface area (Å²) in [6.45, 7) is 7.67. The van der Waals surface area contributed by atoms with Crippen LogP contribution in [0.25, 0.3) is 0 Å². The van der Waals surface area contributed by atoms with E-state index >= 15 is 0 Å². The second kappa shape index (κ2) is 10.2. The highest BCUT2D eigenvalue weighted by Crippen LogP contribution is 2.30. The number of carbonyl (C=O) groups is 3. The summed E-state index contributed by atoms with van der Waals surface area (Å²) in [6, 6.07) is 11.5. The minimum Gasteiger partial charge on any atom is -0.494 e. The monoisotopic (exact) mass is 431 g/mol. The first kappa shape index (κ1) is 23.4. The van der Waals surface area contributed by atoms with Crippen LogP contribution in [0.5, 0.6) is 5.75 Å². The van der Waals surface area contributed by atoms with E-state index in [0.29, 0.717) is 35.7 Å². The molecule has 1 atom stereocenters. The van der Waals surface area contributed by atoms with Crippen molar-refractivity contribution in [1.29, 1.82) is 0 Å². The predicted octanol–water partition coefficient (Wildman–Crippen LogP) is 3.04. The number of ether oxygens (including phenoxy) is 1. The number of hydrogen-bond acceptors (Lipinski definition) is 5. The molecule has 0 radical (unpaired) electrons. The van der Waals surface area contributed by atoms with Gasteiger partial charge in [0.1, 0.15) is 5.75 Å². The summed E-state index contributed by atoms with van der Waals surface area (Å²) in [6.07, 6.45) is 0. The van der Waals surface area contributed by atoms with E-state index in [0.717, 1.165) is 11.4 Å². The molecular formula is C22H26ClN3O4. The van der Waals surface area contributed by atoms with Crippen LogP contribution in [0.3, 0.4) is 0 Å². The molecule has 7 nitrogen and oxygen atoms in total. The quantitative estimate of drug-likeness (QED) is 0.627. The van der Waals surface area contributed by atoms with Gasteiger partial charge in [-0.2, -0.15) is 0 Å². The van der Waals surface area contributed by atoms with Crippen molar-refractivity contribution in [2.24, 2.45) is 0 Å². The Morgan fingerprint density at radius 2 is 1.70 bits per heavy atom. The molecule has 0 bridgehead atoms. The fourth-order valence-electron chi connectivity index (χ4n) is 3.24. The van der Waals surface area contributed by atoms with Gasteiger partial charge in [0.05, 0.1) is 23.4 Å². The molecule has 30 heavy (non-hydrogen) atoms. The molecule has 2 aromatic rings. The molecule has 2 N–H and O–H groups in total. The SMILES string of the molecule is CCN[C@H](C)CNC(=O)c1ccc2c(c1)C(=O)N(c1ccc(OCC)cc1)C2=O.Cl. The maximum absolute atomic E-state index is 12.9. The molecule has 3 amide bonds. The van der Waals surface area contributed by atoms with Crippen LogP contribution in [-0.4, -0.2) is 43.5 Å². The van der Waals surface area contributed by atoms with E-state index in [1.807, 2.05) is 20.8 Å². The highest BCUT2D eigenvalue weighted by atomic mass is 35.5. The summed E-state index contributed by atoms with van der Waals surface area (Å²) in [7, 11) is 0. The third-order valence-corrected chi connectivity index (χ3v) is 4.68. The van der Waals surface area contributed by atoms with Crippen LogP contribution >= 0.6 is 12.4 Å². The number of amides is 3. The Labute approximate surface area is 182 Å². The van der Waals surface area contributed by atoms with Gasteiger partial charge in [-0.05, 0) is 62.9 Å². The molecule has 3 rings (SSSR count). The number of fused-ring (bicyclic) bond motifs is 1. The summed E-state index contributed by atoms with van der Waals surface area (Å²) in [5.41, 5.74) is 1.34. The number of anilines is 1. The highest BCUT2D eigenvalue weighted by molar-refractivity contribution is 6.34. The van der Waals surface area contributed by atoms with Crippen LogP contribution in [-0.2, 0) is 0 Å². The molecule has 8 heteroatoms. The second-order valence-electron chi connectivity index (χ2n) is 6.80. The zero-order valence-corrected chi connectivity index (χ0v) is 18.0. The van der Waals surface area contributed by atoms with Gasteiger partial charge >= 0.3 is 0 Å². The van der Waals surface area contributed by atoms with Crippen molar-refractivity contribution < 1.29 is 19.1 Å². The maximum Gasteiger partial charge on any atom is 0.266 e. The molecular weight excluding hydrogens is 406 g/mol. The lowest BCUT2D eigenvalue weighted by atomic mass is 10.1. The number of likely N-dealkylation sites (N-methyl/N-ethyl adjacent to an activating group) is 1. The number of carbonyl (C=O) groups excluding carboxylic acids is 3. The average molecular weight is 432 g/mol. The van der Waals surface area contributed by atoms with Gasteiger partial charge in [0.25, 0.3) is 17.7 Å². The number of nitrogens with one attached hydrogen (secondary N) is 2. The first-order valence-corrected chi connectivity index (χ1v) is 9.73. The van der Waals surface area contributed by atoms with Crippen molar-refractivity contribution in [3.05, 3.63) is 59.2 Å². The predicted molar refractivity (Wildman–Crippen MR) is 118 cm³/mol. The Morgan fingerprint density at radius 3 is 2.33 bits per heavy atom. The standard InChI is InChI=1S/C22H25N3O4.ClH/c1-4-23-14(3)13-24-20(26)15-6-11-18-19(12-15)22(28)25(21(18)27)16-7-9-17(10-8-16)29-5-2;/h6-12,14,23H,4-5,13H2,1-3H3,(H,24,26);1H/t14-;/m1./s1. The second-order valence-corrected chi connectivity index (χ2v) is 6.80. The normalized spacial score (nSPS) is 13.5. The van der Waals surface area contributed by atoms with Gasteiger partial charge < -0.3 is 15.4 Å². The first-order chi connectivity index (χ1) is 14.0. The number of benzene rings is 2. The van der Waals surface area contributed by atoms with Gasteiger partial charge in [0.15, 0.2) is 0 Å². The van der Waals surface area contributed by atoms with E-state index in [-0.39, 0.29) is 29.9 Å². The molecule has 0 saturated carbocycles. The van der Waals surface area contributed by atoms with E-state index in [1.165, 1.54) is 12.1 Å². The molecule has 0 saturated heterocycles. The number of halogens is 1. The summed E-state index contributed by atoms with van der Waals surface area (Å²) in [4.78, 5) is 39.2. The molecule has 0 unspecified atom stereocenters. The molecule has 1 aliphatic rings. The Morgan fingerprint density at radius 1 is 1.03 bits per heavy atom. The van der Waals surface area contributed by atoms with E-state index in [2.05, 4.69) is 10.6 Å². The van der Waals surface area contributed by atoms with E-state index in [4.69, 9.17) is 4.74 Å². The lowest BCUT2D eigenvalue weighted by molar-refractivity contribution is 0.0923. The summed E-state index contributed by atoms with van der Waals surface area (Å²) in [5.74, 6) is -0.456. The van der Waals surface area contributed by atoms with E-state index in [9.17, 15) is 14.4 Å². The lowest BCUT2D eigenvalue weighted by Crippen LogP contribution is -2.38.